The number of aromatic nitrogens is 5. The van der Waals surface area contributed by atoms with Crippen LogP contribution in [0.15, 0.2) is 52.9 Å². The van der Waals surface area contributed by atoms with Gasteiger partial charge in [-0.1, -0.05) is 32.0 Å². The summed E-state index contributed by atoms with van der Waals surface area (Å²) in [7, 11) is 0. The lowest BCUT2D eigenvalue weighted by Gasteiger charge is -2.11. The van der Waals surface area contributed by atoms with Gasteiger partial charge in [0.05, 0.1) is 5.56 Å². The number of pyridine rings is 1. The van der Waals surface area contributed by atoms with Crippen molar-refractivity contribution in [3.63, 3.8) is 0 Å². The SMILES string of the molecule is CC(C)(C)c1noc(-c2cccnc2-n2cnc(C(=O)NCCc3cccs3)c2)n1. The lowest BCUT2D eigenvalue weighted by atomic mass is 9.96. The molecule has 9 heteroatoms. The molecule has 1 amide bonds. The van der Waals surface area contributed by atoms with Gasteiger partial charge in [-0.25, -0.2) is 9.97 Å². The Kier molecular flexibility index (Phi) is 5.45. The average Bonchev–Trinajstić information content (AvgIpc) is 3.48. The van der Waals surface area contributed by atoms with E-state index in [2.05, 4.69) is 31.5 Å². The van der Waals surface area contributed by atoms with E-state index in [1.165, 1.54) is 4.88 Å². The van der Waals surface area contributed by atoms with Gasteiger partial charge in [-0.3, -0.25) is 9.36 Å². The van der Waals surface area contributed by atoms with Gasteiger partial charge in [0, 0.05) is 29.2 Å². The molecule has 0 saturated heterocycles. The zero-order chi connectivity index (χ0) is 21.1. The van der Waals surface area contributed by atoms with Gasteiger partial charge in [-0.05, 0) is 30.0 Å². The molecular formula is C21H22N6O2S. The Balaban J connectivity index is 1.52. The third-order valence-electron chi connectivity index (χ3n) is 4.41. The molecule has 1 N–H and O–H groups in total. The lowest BCUT2D eigenvalue weighted by molar-refractivity contribution is 0.0949. The Morgan fingerprint density at radius 1 is 1.23 bits per heavy atom. The molecule has 0 atom stereocenters. The van der Waals surface area contributed by atoms with Gasteiger partial charge in [0.25, 0.3) is 11.8 Å². The summed E-state index contributed by atoms with van der Waals surface area (Å²) in [4.78, 5) is 26.9. The number of hydrogen-bond acceptors (Lipinski definition) is 7. The molecule has 0 saturated carbocycles. The molecule has 154 valence electrons. The molecule has 8 nitrogen and oxygen atoms in total. The second-order valence-electron chi connectivity index (χ2n) is 7.80. The normalized spacial score (nSPS) is 11.6. The van der Waals surface area contributed by atoms with Gasteiger partial charge in [0.2, 0.25) is 0 Å². The number of carbonyl (C=O) groups excluding carboxylic acids is 1. The van der Waals surface area contributed by atoms with E-state index in [0.29, 0.717) is 35.3 Å². The summed E-state index contributed by atoms with van der Waals surface area (Å²) in [6, 6.07) is 7.70. The molecule has 0 radical (unpaired) electrons. The molecule has 4 aromatic heterocycles. The minimum absolute atomic E-state index is 0.226. The first kappa shape index (κ1) is 20.0. The fourth-order valence-corrected chi connectivity index (χ4v) is 3.52. The summed E-state index contributed by atoms with van der Waals surface area (Å²) < 4.78 is 7.15. The van der Waals surface area contributed by atoms with Crippen molar-refractivity contribution in [2.45, 2.75) is 32.6 Å². The third kappa shape index (κ3) is 4.30. The fourth-order valence-electron chi connectivity index (χ4n) is 2.81. The molecule has 0 aliphatic rings. The van der Waals surface area contributed by atoms with E-state index in [9.17, 15) is 4.79 Å². The number of carbonyl (C=O) groups is 1. The van der Waals surface area contributed by atoms with Crippen LogP contribution in [0.4, 0.5) is 0 Å². The summed E-state index contributed by atoms with van der Waals surface area (Å²) in [5, 5.41) is 9.01. The summed E-state index contributed by atoms with van der Waals surface area (Å²) in [6.07, 6.45) is 5.66. The molecule has 4 aromatic rings. The molecular weight excluding hydrogens is 400 g/mol. The maximum Gasteiger partial charge on any atom is 0.271 e. The van der Waals surface area contributed by atoms with Gasteiger partial charge < -0.3 is 9.84 Å². The van der Waals surface area contributed by atoms with Crippen molar-refractivity contribution in [1.82, 2.24) is 30.0 Å². The fraction of sp³-hybridized carbons (Fsp3) is 0.286. The van der Waals surface area contributed by atoms with Crippen LogP contribution < -0.4 is 5.32 Å². The number of rotatable bonds is 6. The average molecular weight is 423 g/mol. The van der Waals surface area contributed by atoms with Crippen molar-refractivity contribution in [1.29, 1.82) is 0 Å². The topological polar surface area (TPSA) is 98.7 Å². The number of nitrogens with one attached hydrogen (secondary N) is 1. The van der Waals surface area contributed by atoms with Crippen molar-refractivity contribution in [3.8, 4) is 17.3 Å². The van der Waals surface area contributed by atoms with Gasteiger partial charge in [-0.15, -0.1) is 11.3 Å². The van der Waals surface area contributed by atoms with Crippen LogP contribution in [0.3, 0.4) is 0 Å². The first-order valence-corrected chi connectivity index (χ1v) is 10.4. The van der Waals surface area contributed by atoms with E-state index in [4.69, 9.17) is 4.52 Å². The van der Waals surface area contributed by atoms with Crippen LogP contribution in [-0.2, 0) is 11.8 Å². The van der Waals surface area contributed by atoms with E-state index in [1.807, 2.05) is 38.3 Å². The maximum absolute atomic E-state index is 12.4. The minimum atomic E-state index is -0.229. The summed E-state index contributed by atoms with van der Waals surface area (Å²) in [5.74, 6) is 1.32. The van der Waals surface area contributed by atoms with Crippen molar-refractivity contribution >= 4 is 17.2 Å². The summed E-state index contributed by atoms with van der Waals surface area (Å²) in [6.45, 7) is 6.61. The van der Waals surface area contributed by atoms with Crippen molar-refractivity contribution in [3.05, 3.63) is 64.8 Å². The molecule has 0 fully saturated rings. The van der Waals surface area contributed by atoms with Crippen molar-refractivity contribution in [2.75, 3.05) is 6.54 Å². The second-order valence-corrected chi connectivity index (χ2v) is 8.83. The minimum Gasteiger partial charge on any atom is -0.350 e. The van der Waals surface area contributed by atoms with Crippen LogP contribution in [0.2, 0.25) is 0 Å². The highest BCUT2D eigenvalue weighted by Crippen LogP contribution is 2.27. The standard InChI is InChI=1S/C21H22N6O2S/c1-21(2,3)20-25-19(29-26-20)15-7-4-9-22-17(15)27-12-16(24-13-27)18(28)23-10-8-14-6-5-11-30-14/h4-7,9,11-13H,8,10H2,1-3H3,(H,23,28). The van der Waals surface area contributed by atoms with Crippen LogP contribution >= 0.6 is 11.3 Å². The highest BCUT2D eigenvalue weighted by Gasteiger charge is 2.23. The molecule has 0 aromatic carbocycles. The zero-order valence-corrected chi connectivity index (χ0v) is 17.8. The Morgan fingerprint density at radius 3 is 2.83 bits per heavy atom. The lowest BCUT2D eigenvalue weighted by Crippen LogP contribution is -2.25. The summed E-state index contributed by atoms with van der Waals surface area (Å²) in [5.41, 5.74) is 0.759. The van der Waals surface area contributed by atoms with Gasteiger partial charge >= 0.3 is 0 Å². The van der Waals surface area contributed by atoms with Crippen LogP contribution in [0, 0.1) is 0 Å². The van der Waals surface area contributed by atoms with E-state index in [0.717, 1.165) is 6.42 Å². The number of thiophene rings is 1. The van der Waals surface area contributed by atoms with Crippen LogP contribution in [0.5, 0.6) is 0 Å². The number of imidazole rings is 1. The Hall–Kier alpha value is -3.33. The van der Waals surface area contributed by atoms with E-state index in [1.54, 1.807) is 40.7 Å². The smallest absolute Gasteiger partial charge is 0.271 e. The van der Waals surface area contributed by atoms with Gasteiger partial charge in [-0.2, -0.15) is 4.98 Å². The number of amides is 1. The summed E-state index contributed by atoms with van der Waals surface area (Å²) >= 11 is 1.68. The first-order chi connectivity index (χ1) is 14.4. The molecule has 0 aliphatic carbocycles. The zero-order valence-electron chi connectivity index (χ0n) is 17.0. The Morgan fingerprint density at radius 2 is 2.10 bits per heavy atom. The molecule has 4 rings (SSSR count). The van der Waals surface area contributed by atoms with Crippen LogP contribution in [-0.4, -0.2) is 37.1 Å². The van der Waals surface area contributed by atoms with Crippen molar-refractivity contribution in [2.24, 2.45) is 0 Å². The van der Waals surface area contributed by atoms with E-state index in [-0.39, 0.29) is 11.3 Å². The molecule has 0 unspecified atom stereocenters. The third-order valence-corrected chi connectivity index (χ3v) is 5.35. The first-order valence-electron chi connectivity index (χ1n) is 9.56. The highest BCUT2D eigenvalue weighted by atomic mass is 32.1. The quantitative estimate of drug-likeness (QED) is 0.509. The Bertz CT molecular complexity index is 1140. The van der Waals surface area contributed by atoms with E-state index >= 15 is 0 Å². The number of hydrogen-bond donors (Lipinski definition) is 1. The maximum atomic E-state index is 12.4. The molecule has 4 heterocycles. The highest BCUT2D eigenvalue weighted by molar-refractivity contribution is 7.09. The largest absolute Gasteiger partial charge is 0.350 e. The number of nitrogens with zero attached hydrogens (tertiary/aromatic N) is 5. The molecule has 0 aliphatic heterocycles. The van der Waals surface area contributed by atoms with Crippen LogP contribution in [0.1, 0.15) is 42.0 Å². The molecule has 0 spiro atoms. The molecule has 30 heavy (non-hydrogen) atoms. The molecule has 0 bridgehead atoms. The van der Waals surface area contributed by atoms with Crippen molar-refractivity contribution < 1.29 is 9.32 Å². The van der Waals surface area contributed by atoms with Gasteiger partial charge in [0.1, 0.15) is 12.0 Å². The van der Waals surface area contributed by atoms with Gasteiger partial charge in [0.15, 0.2) is 11.6 Å². The van der Waals surface area contributed by atoms with Crippen LogP contribution in [0.25, 0.3) is 17.3 Å². The van der Waals surface area contributed by atoms with E-state index < -0.39 is 0 Å². The Labute approximate surface area is 178 Å². The predicted molar refractivity (Wildman–Crippen MR) is 114 cm³/mol. The monoisotopic (exact) mass is 422 g/mol. The predicted octanol–water partition coefficient (Wildman–Crippen LogP) is 3.65. The second kappa shape index (κ2) is 8.19.